The standard InChI is InChI=1S/C12H21NO3/c14-12(7-11-8-13-5-6-15-11)16-9-10-3-1-2-4-10/h10-11,13H,1-9H2. The van der Waals surface area contributed by atoms with Crippen molar-refractivity contribution >= 4 is 5.97 Å². The first kappa shape index (κ1) is 11.9. The summed E-state index contributed by atoms with van der Waals surface area (Å²) in [5, 5.41) is 3.20. The van der Waals surface area contributed by atoms with E-state index in [9.17, 15) is 4.79 Å². The lowest BCUT2D eigenvalue weighted by atomic mass is 10.1. The Morgan fingerprint density at radius 1 is 1.38 bits per heavy atom. The second-order valence-electron chi connectivity index (χ2n) is 4.73. The molecule has 0 bridgehead atoms. The minimum absolute atomic E-state index is 0.00447. The number of hydrogen-bond donors (Lipinski definition) is 1. The van der Waals surface area contributed by atoms with Gasteiger partial charge in [0.2, 0.25) is 0 Å². The second kappa shape index (κ2) is 6.21. The monoisotopic (exact) mass is 227 g/mol. The lowest BCUT2D eigenvalue weighted by Crippen LogP contribution is -2.39. The molecule has 1 saturated carbocycles. The van der Waals surface area contributed by atoms with Crippen LogP contribution in [0.1, 0.15) is 32.1 Å². The van der Waals surface area contributed by atoms with Crippen molar-refractivity contribution in [1.82, 2.24) is 5.32 Å². The molecule has 0 spiro atoms. The number of carbonyl (C=O) groups excluding carboxylic acids is 1. The molecule has 1 atom stereocenters. The van der Waals surface area contributed by atoms with E-state index in [4.69, 9.17) is 9.47 Å². The third kappa shape index (κ3) is 3.76. The summed E-state index contributed by atoms with van der Waals surface area (Å²) < 4.78 is 10.7. The van der Waals surface area contributed by atoms with Crippen molar-refractivity contribution in [3.8, 4) is 0 Å². The van der Waals surface area contributed by atoms with E-state index in [1.165, 1.54) is 25.7 Å². The van der Waals surface area contributed by atoms with Crippen LogP contribution in [0.4, 0.5) is 0 Å². The smallest absolute Gasteiger partial charge is 0.308 e. The van der Waals surface area contributed by atoms with E-state index in [2.05, 4.69) is 5.32 Å². The highest BCUT2D eigenvalue weighted by molar-refractivity contribution is 5.70. The first-order valence-electron chi connectivity index (χ1n) is 6.32. The van der Waals surface area contributed by atoms with E-state index in [0.29, 0.717) is 25.6 Å². The van der Waals surface area contributed by atoms with Gasteiger partial charge in [0, 0.05) is 13.1 Å². The molecule has 2 rings (SSSR count). The Morgan fingerprint density at radius 2 is 2.19 bits per heavy atom. The van der Waals surface area contributed by atoms with Gasteiger partial charge in [-0.05, 0) is 18.8 Å². The molecule has 16 heavy (non-hydrogen) atoms. The number of hydrogen-bond acceptors (Lipinski definition) is 4. The van der Waals surface area contributed by atoms with Gasteiger partial charge in [-0.2, -0.15) is 0 Å². The van der Waals surface area contributed by atoms with Crippen molar-refractivity contribution in [2.75, 3.05) is 26.3 Å². The molecule has 1 aliphatic heterocycles. The third-order valence-corrected chi connectivity index (χ3v) is 3.35. The van der Waals surface area contributed by atoms with Crippen LogP contribution in [0.5, 0.6) is 0 Å². The summed E-state index contributed by atoms with van der Waals surface area (Å²) in [6.45, 7) is 2.95. The van der Waals surface area contributed by atoms with E-state index >= 15 is 0 Å². The first-order chi connectivity index (χ1) is 7.84. The Hall–Kier alpha value is -0.610. The van der Waals surface area contributed by atoms with E-state index in [1.54, 1.807) is 0 Å². The maximum absolute atomic E-state index is 11.5. The van der Waals surface area contributed by atoms with Crippen LogP contribution < -0.4 is 5.32 Å². The van der Waals surface area contributed by atoms with Crippen molar-refractivity contribution in [3.05, 3.63) is 0 Å². The zero-order valence-corrected chi connectivity index (χ0v) is 9.74. The Kier molecular flexibility index (Phi) is 4.60. The number of morpholine rings is 1. The van der Waals surface area contributed by atoms with E-state index in [1.807, 2.05) is 0 Å². The Morgan fingerprint density at radius 3 is 2.88 bits per heavy atom. The number of esters is 1. The summed E-state index contributed by atoms with van der Waals surface area (Å²) in [4.78, 5) is 11.5. The zero-order valence-electron chi connectivity index (χ0n) is 9.74. The van der Waals surface area contributed by atoms with Gasteiger partial charge in [0.25, 0.3) is 0 Å². The molecule has 0 aromatic carbocycles. The van der Waals surface area contributed by atoms with E-state index in [0.717, 1.165) is 13.1 Å². The molecule has 2 fully saturated rings. The molecule has 92 valence electrons. The molecule has 0 aromatic rings. The molecule has 4 nitrogen and oxygen atoms in total. The van der Waals surface area contributed by atoms with Crippen molar-refractivity contribution in [2.24, 2.45) is 5.92 Å². The summed E-state index contributed by atoms with van der Waals surface area (Å²) in [6, 6.07) is 0. The SMILES string of the molecule is O=C(CC1CNCCO1)OCC1CCCC1. The predicted molar refractivity (Wildman–Crippen MR) is 60.1 cm³/mol. The van der Waals surface area contributed by atoms with Gasteiger partial charge in [-0.1, -0.05) is 12.8 Å². The fraction of sp³-hybridized carbons (Fsp3) is 0.917. The maximum atomic E-state index is 11.5. The Bertz CT molecular complexity index is 220. The van der Waals surface area contributed by atoms with Gasteiger partial charge in [0.1, 0.15) is 0 Å². The third-order valence-electron chi connectivity index (χ3n) is 3.35. The van der Waals surface area contributed by atoms with Crippen LogP contribution in [-0.2, 0) is 14.3 Å². The van der Waals surface area contributed by atoms with Gasteiger partial charge in [-0.15, -0.1) is 0 Å². The minimum Gasteiger partial charge on any atom is -0.465 e. The normalized spacial score (nSPS) is 26.9. The summed E-state index contributed by atoms with van der Waals surface area (Å²) >= 11 is 0. The average Bonchev–Trinajstić information content (AvgIpc) is 2.81. The largest absolute Gasteiger partial charge is 0.465 e. The van der Waals surface area contributed by atoms with Gasteiger partial charge in [-0.25, -0.2) is 0 Å². The summed E-state index contributed by atoms with van der Waals surface area (Å²) in [6.07, 6.45) is 5.41. The zero-order chi connectivity index (χ0) is 11.2. The van der Waals surface area contributed by atoms with Crippen LogP contribution in [0.15, 0.2) is 0 Å². The lowest BCUT2D eigenvalue weighted by Gasteiger charge is -2.23. The fourth-order valence-corrected chi connectivity index (χ4v) is 2.38. The van der Waals surface area contributed by atoms with Crippen molar-refractivity contribution in [1.29, 1.82) is 0 Å². The van der Waals surface area contributed by atoms with Gasteiger partial charge in [0.05, 0.1) is 25.7 Å². The van der Waals surface area contributed by atoms with Crippen molar-refractivity contribution in [3.63, 3.8) is 0 Å². The molecular formula is C12H21NO3. The van der Waals surface area contributed by atoms with Crippen LogP contribution in [0.2, 0.25) is 0 Å². The van der Waals surface area contributed by atoms with Crippen LogP contribution in [0, 0.1) is 5.92 Å². The van der Waals surface area contributed by atoms with E-state index < -0.39 is 0 Å². The maximum Gasteiger partial charge on any atom is 0.308 e. The molecule has 1 N–H and O–H groups in total. The van der Waals surface area contributed by atoms with Gasteiger partial charge < -0.3 is 14.8 Å². The molecule has 0 radical (unpaired) electrons. The highest BCUT2D eigenvalue weighted by Crippen LogP contribution is 2.24. The number of carbonyl (C=O) groups is 1. The highest BCUT2D eigenvalue weighted by Gasteiger charge is 2.20. The summed E-state index contributed by atoms with van der Waals surface area (Å²) in [7, 11) is 0. The van der Waals surface area contributed by atoms with E-state index in [-0.39, 0.29) is 12.1 Å². The fourth-order valence-electron chi connectivity index (χ4n) is 2.38. The molecule has 4 heteroatoms. The predicted octanol–water partition coefficient (Wildman–Crippen LogP) is 1.10. The minimum atomic E-state index is -0.111. The van der Waals surface area contributed by atoms with Crippen LogP contribution in [-0.4, -0.2) is 38.4 Å². The topological polar surface area (TPSA) is 47.6 Å². The molecule has 0 amide bonds. The Labute approximate surface area is 96.7 Å². The average molecular weight is 227 g/mol. The van der Waals surface area contributed by atoms with Gasteiger partial charge in [-0.3, -0.25) is 4.79 Å². The molecule has 1 unspecified atom stereocenters. The Balaban J connectivity index is 1.59. The quantitative estimate of drug-likeness (QED) is 0.731. The number of ether oxygens (including phenoxy) is 2. The molecule has 0 aromatic heterocycles. The molecule has 1 aliphatic carbocycles. The summed E-state index contributed by atoms with van der Waals surface area (Å²) in [5.74, 6) is 0.495. The van der Waals surface area contributed by atoms with Crippen LogP contribution in [0.25, 0.3) is 0 Å². The lowest BCUT2D eigenvalue weighted by molar-refractivity contribution is -0.148. The molecular weight excluding hydrogens is 206 g/mol. The molecule has 2 aliphatic rings. The number of rotatable bonds is 4. The van der Waals surface area contributed by atoms with Crippen molar-refractivity contribution in [2.45, 2.75) is 38.2 Å². The first-order valence-corrected chi connectivity index (χ1v) is 6.32. The van der Waals surface area contributed by atoms with Gasteiger partial charge >= 0.3 is 5.97 Å². The summed E-state index contributed by atoms with van der Waals surface area (Å²) in [5.41, 5.74) is 0. The van der Waals surface area contributed by atoms with Crippen LogP contribution in [0.3, 0.4) is 0 Å². The van der Waals surface area contributed by atoms with Crippen LogP contribution >= 0.6 is 0 Å². The molecule has 1 heterocycles. The van der Waals surface area contributed by atoms with Crippen molar-refractivity contribution < 1.29 is 14.3 Å². The number of nitrogens with one attached hydrogen (secondary N) is 1. The molecule has 1 saturated heterocycles. The van der Waals surface area contributed by atoms with Gasteiger partial charge in [0.15, 0.2) is 0 Å². The second-order valence-corrected chi connectivity index (χ2v) is 4.73. The highest BCUT2D eigenvalue weighted by atomic mass is 16.5.